The van der Waals surface area contributed by atoms with Crippen LogP contribution < -0.4 is 4.74 Å². The first kappa shape index (κ1) is 22.8. The van der Waals surface area contributed by atoms with Crippen molar-refractivity contribution in [3.63, 3.8) is 0 Å². The van der Waals surface area contributed by atoms with Gasteiger partial charge in [-0.05, 0) is 35.6 Å². The second-order valence-electron chi connectivity index (χ2n) is 8.16. The van der Waals surface area contributed by atoms with Crippen molar-refractivity contribution in [3.05, 3.63) is 71.3 Å². The highest BCUT2D eigenvalue weighted by Crippen LogP contribution is 2.60. The predicted octanol–water partition coefficient (Wildman–Crippen LogP) is 6.64. The van der Waals surface area contributed by atoms with E-state index < -0.39 is 40.3 Å². The zero-order valence-corrected chi connectivity index (χ0v) is 18.1. The number of allylic oxidation sites excluding steroid dienone is 2. The molecule has 0 heterocycles. The Balaban J connectivity index is 1.72. The molecule has 1 fully saturated rings. The zero-order chi connectivity index (χ0) is 22.8. The number of benzene rings is 2. The lowest BCUT2D eigenvalue weighted by atomic mass is 10.1. The first-order valence-corrected chi connectivity index (χ1v) is 10.1. The molecule has 3 atom stereocenters. The zero-order valence-electron chi connectivity index (χ0n) is 17.3. The smallest absolute Gasteiger partial charge is 0.311 e. The number of rotatable bonds is 7. The average Bonchev–Trinajstić information content (AvgIpc) is 3.26. The third-order valence-corrected chi connectivity index (χ3v) is 5.86. The molecule has 1 aliphatic carbocycles. The maximum atomic E-state index is 13.4. The van der Waals surface area contributed by atoms with Crippen molar-refractivity contribution >= 4 is 17.6 Å². The number of nitriles is 1. The fourth-order valence-electron chi connectivity index (χ4n) is 3.47. The van der Waals surface area contributed by atoms with Gasteiger partial charge in [-0.3, -0.25) is 4.79 Å². The Labute approximate surface area is 185 Å². The highest BCUT2D eigenvalue weighted by atomic mass is 35.5. The van der Waals surface area contributed by atoms with Crippen molar-refractivity contribution < 1.29 is 23.0 Å². The van der Waals surface area contributed by atoms with Gasteiger partial charge in [0.1, 0.15) is 17.6 Å². The Morgan fingerprint density at radius 3 is 2.45 bits per heavy atom. The molecule has 1 aliphatic rings. The lowest BCUT2D eigenvalue weighted by Gasteiger charge is -2.13. The summed E-state index contributed by atoms with van der Waals surface area (Å²) >= 11 is 5.69. The summed E-state index contributed by atoms with van der Waals surface area (Å²) in [6.45, 7) is 4.24. The number of para-hydroxylation sites is 1. The summed E-state index contributed by atoms with van der Waals surface area (Å²) < 4.78 is 38.0. The Bertz CT molecular complexity index is 1030. The highest BCUT2D eigenvalue weighted by Gasteiger charge is 2.62. The van der Waals surface area contributed by atoms with Crippen LogP contribution >= 0.6 is 11.6 Å². The van der Waals surface area contributed by atoms with Gasteiger partial charge in [0.2, 0.25) is 6.10 Å². The molecule has 162 valence electrons. The molecule has 7 heteroatoms. The molecule has 3 unspecified atom stereocenters. The summed E-state index contributed by atoms with van der Waals surface area (Å²) in [5, 5.41) is 8.95. The Kier molecular flexibility index (Phi) is 6.38. The molecule has 0 aliphatic heterocycles. The Morgan fingerprint density at radius 1 is 1.19 bits per heavy atom. The summed E-state index contributed by atoms with van der Waals surface area (Å²) in [7, 11) is 0. The van der Waals surface area contributed by atoms with Crippen molar-refractivity contribution in [1.29, 1.82) is 5.26 Å². The fraction of sp³-hybridized carbons (Fsp3) is 0.333. The lowest BCUT2D eigenvalue weighted by molar-refractivity contribution is -0.149. The molecule has 0 radical (unpaired) electrons. The Hall–Kier alpha value is -2.91. The molecule has 2 aromatic carbocycles. The quantitative estimate of drug-likeness (QED) is 0.448. The van der Waals surface area contributed by atoms with Crippen LogP contribution in [0.4, 0.5) is 8.78 Å². The summed E-state index contributed by atoms with van der Waals surface area (Å²) in [5.41, 5.74) is -0.145. The molecular weight excluding hydrogens is 424 g/mol. The van der Waals surface area contributed by atoms with Gasteiger partial charge in [-0.1, -0.05) is 61.9 Å². The van der Waals surface area contributed by atoms with Crippen LogP contribution in [0.5, 0.6) is 11.5 Å². The van der Waals surface area contributed by atoms with E-state index in [1.54, 1.807) is 50.2 Å². The molecule has 0 bridgehead atoms. The van der Waals surface area contributed by atoms with Crippen LogP contribution in [0.25, 0.3) is 0 Å². The number of nitrogens with zero attached hydrogens (tertiary/aromatic N) is 1. The minimum Gasteiger partial charge on any atom is -0.457 e. The topological polar surface area (TPSA) is 59.3 Å². The van der Waals surface area contributed by atoms with Crippen LogP contribution in [-0.4, -0.2) is 11.9 Å². The highest BCUT2D eigenvalue weighted by molar-refractivity contribution is 6.30. The normalized spacial score (nSPS) is 21.0. The second-order valence-corrected chi connectivity index (χ2v) is 8.57. The molecule has 4 nitrogen and oxygen atoms in total. The van der Waals surface area contributed by atoms with Gasteiger partial charge in [-0.2, -0.15) is 5.26 Å². The molecule has 3 rings (SSSR count). The number of ether oxygens (including phenoxy) is 2. The minimum atomic E-state index is -3.18. The number of alkyl halides is 2. The first-order valence-electron chi connectivity index (χ1n) is 9.72. The molecule has 0 aromatic heterocycles. The van der Waals surface area contributed by atoms with E-state index in [2.05, 4.69) is 0 Å². The maximum absolute atomic E-state index is 13.4. The number of hydrogen-bond donors (Lipinski definition) is 0. The molecule has 1 saturated carbocycles. The molecule has 0 spiro atoms. The SMILES string of the molecule is CC(F)(F)/C(Cl)=C/C1C(C(=O)OC(C#N)c2cccc(Oc3ccccc3)c2)C1(C)C. The summed E-state index contributed by atoms with van der Waals surface area (Å²) in [5.74, 6) is -3.85. The molecule has 2 aromatic rings. The Morgan fingerprint density at radius 2 is 1.84 bits per heavy atom. The van der Waals surface area contributed by atoms with Crippen LogP contribution in [0.1, 0.15) is 32.4 Å². The van der Waals surface area contributed by atoms with Crippen molar-refractivity contribution in [2.24, 2.45) is 17.3 Å². The largest absolute Gasteiger partial charge is 0.457 e. The third kappa shape index (κ3) is 5.23. The van der Waals surface area contributed by atoms with E-state index in [0.717, 1.165) is 0 Å². The predicted molar refractivity (Wildman–Crippen MR) is 113 cm³/mol. The third-order valence-electron chi connectivity index (χ3n) is 5.40. The molecule has 0 saturated heterocycles. The van der Waals surface area contributed by atoms with Gasteiger partial charge >= 0.3 is 5.97 Å². The van der Waals surface area contributed by atoms with Gasteiger partial charge in [-0.15, -0.1) is 0 Å². The number of esters is 1. The first-order chi connectivity index (χ1) is 14.5. The fourth-order valence-corrected chi connectivity index (χ4v) is 3.60. The van der Waals surface area contributed by atoms with Crippen LogP contribution in [0.3, 0.4) is 0 Å². The number of hydrogen-bond acceptors (Lipinski definition) is 4. The van der Waals surface area contributed by atoms with Crippen LogP contribution in [-0.2, 0) is 9.53 Å². The van der Waals surface area contributed by atoms with E-state index in [1.807, 2.05) is 24.3 Å². The van der Waals surface area contributed by atoms with E-state index in [9.17, 15) is 18.8 Å². The van der Waals surface area contributed by atoms with Gasteiger partial charge in [0.05, 0.1) is 11.0 Å². The van der Waals surface area contributed by atoms with E-state index in [0.29, 0.717) is 24.0 Å². The van der Waals surface area contributed by atoms with Gasteiger partial charge < -0.3 is 9.47 Å². The molecule has 0 amide bonds. The van der Waals surface area contributed by atoms with E-state index >= 15 is 0 Å². The van der Waals surface area contributed by atoms with Crippen molar-refractivity contribution in [1.82, 2.24) is 0 Å². The van der Waals surface area contributed by atoms with Gasteiger partial charge in [0.15, 0.2) is 0 Å². The molecular formula is C24H22ClF2NO3. The number of carbonyl (C=O) groups is 1. The minimum absolute atomic E-state index is 0.452. The number of halogens is 3. The van der Waals surface area contributed by atoms with E-state index in [-0.39, 0.29) is 0 Å². The molecule has 31 heavy (non-hydrogen) atoms. The van der Waals surface area contributed by atoms with Gasteiger partial charge in [0, 0.05) is 12.5 Å². The van der Waals surface area contributed by atoms with Crippen molar-refractivity contribution in [2.45, 2.75) is 32.8 Å². The van der Waals surface area contributed by atoms with Gasteiger partial charge in [0.25, 0.3) is 5.92 Å². The monoisotopic (exact) mass is 445 g/mol. The summed E-state index contributed by atoms with van der Waals surface area (Å²) in [4.78, 5) is 12.7. The number of carbonyl (C=O) groups excluding carboxylic acids is 1. The van der Waals surface area contributed by atoms with Crippen LogP contribution in [0.2, 0.25) is 0 Å². The second kappa shape index (κ2) is 8.68. The van der Waals surface area contributed by atoms with Crippen molar-refractivity contribution in [3.8, 4) is 17.6 Å². The van der Waals surface area contributed by atoms with Crippen LogP contribution in [0.15, 0.2) is 65.7 Å². The van der Waals surface area contributed by atoms with Gasteiger partial charge in [-0.25, -0.2) is 8.78 Å². The summed E-state index contributed by atoms with van der Waals surface area (Å²) in [6.07, 6.45) is 0.0550. The maximum Gasteiger partial charge on any atom is 0.311 e. The van der Waals surface area contributed by atoms with Crippen molar-refractivity contribution in [2.75, 3.05) is 0 Å². The van der Waals surface area contributed by atoms with E-state index in [1.165, 1.54) is 6.08 Å². The van der Waals surface area contributed by atoms with Crippen LogP contribution in [0, 0.1) is 28.6 Å². The average molecular weight is 446 g/mol. The van der Waals surface area contributed by atoms with E-state index in [4.69, 9.17) is 21.1 Å². The summed E-state index contributed by atoms with van der Waals surface area (Å²) in [6, 6.07) is 17.8. The lowest BCUT2D eigenvalue weighted by Crippen LogP contribution is -2.14. The molecule has 0 N–H and O–H groups in total. The standard InChI is InChI=1S/C24H22ClF2NO3/c1-23(2)18(13-20(25)24(3,26)27)21(23)22(29)31-19(14-28)15-8-7-11-17(12-15)30-16-9-5-4-6-10-16/h4-13,18-19,21H,1-3H3/b20-13-.